The van der Waals surface area contributed by atoms with Crippen LogP contribution in [-0.2, 0) is 0 Å². The van der Waals surface area contributed by atoms with Gasteiger partial charge in [-0.05, 0) is 23.6 Å². The van der Waals surface area contributed by atoms with Crippen molar-refractivity contribution in [2.24, 2.45) is 5.92 Å². The van der Waals surface area contributed by atoms with E-state index in [4.69, 9.17) is 15.2 Å². The van der Waals surface area contributed by atoms with Crippen LogP contribution in [0, 0.1) is 5.92 Å². The molecule has 3 N–H and O–H groups in total. The second-order valence-corrected chi connectivity index (χ2v) is 5.50. The van der Waals surface area contributed by atoms with Crippen molar-refractivity contribution < 1.29 is 9.47 Å². The molecule has 1 heterocycles. The van der Waals surface area contributed by atoms with Crippen LogP contribution in [0.25, 0.3) is 11.1 Å². The Morgan fingerprint density at radius 2 is 1.76 bits per heavy atom. The van der Waals surface area contributed by atoms with E-state index in [0.717, 1.165) is 16.8 Å². The van der Waals surface area contributed by atoms with E-state index in [1.54, 1.807) is 14.2 Å². The van der Waals surface area contributed by atoms with E-state index in [-0.39, 0.29) is 0 Å². The molecule has 0 spiro atoms. The van der Waals surface area contributed by atoms with Crippen LogP contribution < -0.4 is 15.2 Å². The van der Waals surface area contributed by atoms with Gasteiger partial charge in [-0.3, -0.25) is 5.10 Å². The van der Waals surface area contributed by atoms with E-state index in [9.17, 15) is 0 Å². The molecule has 5 heteroatoms. The first-order chi connectivity index (χ1) is 9.99. The third kappa shape index (κ3) is 2.82. The first-order valence-corrected chi connectivity index (χ1v) is 7.05. The number of aromatic nitrogens is 2. The van der Waals surface area contributed by atoms with Gasteiger partial charge in [0, 0.05) is 17.2 Å². The maximum atomic E-state index is 6.06. The molecule has 0 saturated heterocycles. The minimum Gasteiger partial charge on any atom is -0.493 e. The van der Waals surface area contributed by atoms with Crippen molar-refractivity contribution in [3.05, 3.63) is 23.9 Å². The van der Waals surface area contributed by atoms with Crippen LogP contribution >= 0.6 is 0 Å². The lowest BCUT2D eigenvalue weighted by molar-refractivity contribution is 0.355. The van der Waals surface area contributed by atoms with Gasteiger partial charge in [0.25, 0.3) is 0 Å². The summed E-state index contributed by atoms with van der Waals surface area (Å²) in [5.74, 6) is 2.70. The molecule has 114 valence electrons. The molecule has 5 nitrogen and oxygen atoms in total. The highest BCUT2D eigenvalue weighted by atomic mass is 16.5. The van der Waals surface area contributed by atoms with Gasteiger partial charge in [0.05, 0.1) is 14.2 Å². The number of anilines is 1. The smallest absolute Gasteiger partial charge is 0.161 e. The van der Waals surface area contributed by atoms with Crippen molar-refractivity contribution in [3.63, 3.8) is 0 Å². The van der Waals surface area contributed by atoms with Gasteiger partial charge in [0.1, 0.15) is 0 Å². The molecule has 1 unspecified atom stereocenters. The third-order valence-corrected chi connectivity index (χ3v) is 3.95. The summed E-state index contributed by atoms with van der Waals surface area (Å²) in [6.07, 6.45) is 0. The first-order valence-electron chi connectivity index (χ1n) is 7.05. The summed E-state index contributed by atoms with van der Waals surface area (Å²) in [4.78, 5) is 0. The minimum atomic E-state index is 0.331. The fraction of sp³-hybridized carbons (Fsp3) is 0.438. The Labute approximate surface area is 125 Å². The van der Waals surface area contributed by atoms with Crippen molar-refractivity contribution in [3.8, 4) is 22.6 Å². The number of rotatable bonds is 5. The molecule has 0 saturated carbocycles. The van der Waals surface area contributed by atoms with Gasteiger partial charge in [0.2, 0.25) is 0 Å². The number of methoxy groups -OCH3 is 2. The molecule has 1 aromatic carbocycles. The summed E-state index contributed by atoms with van der Waals surface area (Å²) in [5.41, 5.74) is 9.02. The maximum absolute atomic E-state index is 6.06. The average Bonchev–Trinajstić information content (AvgIpc) is 2.87. The number of nitrogens with two attached hydrogens (primary N) is 1. The van der Waals surface area contributed by atoms with Gasteiger partial charge < -0.3 is 15.2 Å². The van der Waals surface area contributed by atoms with Gasteiger partial charge >= 0.3 is 0 Å². The highest BCUT2D eigenvalue weighted by Gasteiger charge is 2.21. The second kappa shape index (κ2) is 6.08. The molecule has 0 aliphatic rings. The number of H-pyrrole nitrogens is 1. The highest BCUT2D eigenvalue weighted by Crippen LogP contribution is 2.39. The molecule has 0 fully saturated rings. The molecular weight excluding hydrogens is 266 g/mol. The summed E-state index contributed by atoms with van der Waals surface area (Å²) in [7, 11) is 3.24. The van der Waals surface area contributed by atoms with Gasteiger partial charge in [-0.1, -0.05) is 26.8 Å². The predicted octanol–water partition coefficient (Wildman–Crippen LogP) is 3.44. The number of aromatic amines is 1. The standard InChI is InChI=1S/C16H23N3O2/c1-9(2)10(3)15-14(16(17)19-18-15)11-6-7-12(20-4)13(8-11)21-5/h6-10H,1-5H3,(H3,17,18,19). The Morgan fingerprint density at radius 1 is 1.10 bits per heavy atom. The quantitative estimate of drug-likeness (QED) is 0.884. The Bertz CT molecular complexity index is 620. The molecule has 1 aromatic heterocycles. The number of hydrogen-bond donors (Lipinski definition) is 2. The van der Waals surface area contributed by atoms with Crippen LogP contribution in [0.4, 0.5) is 5.82 Å². The molecule has 21 heavy (non-hydrogen) atoms. The molecule has 0 radical (unpaired) electrons. The SMILES string of the molecule is COc1ccc(-c2c(N)n[nH]c2C(C)C(C)C)cc1OC. The monoisotopic (exact) mass is 289 g/mol. The van der Waals surface area contributed by atoms with E-state index in [2.05, 4.69) is 31.0 Å². The lowest BCUT2D eigenvalue weighted by Gasteiger charge is -2.16. The largest absolute Gasteiger partial charge is 0.493 e. The van der Waals surface area contributed by atoms with Gasteiger partial charge in [-0.25, -0.2) is 0 Å². The van der Waals surface area contributed by atoms with E-state index >= 15 is 0 Å². The topological polar surface area (TPSA) is 73.2 Å². The summed E-state index contributed by atoms with van der Waals surface area (Å²) >= 11 is 0. The number of nitrogens with zero attached hydrogens (tertiary/aromatic N) is 1. The highest BCUT2D eigenvalue weighted by molar-refractivity contribution is 5.78. The van der Waals surface area contributed by atoms with E-state index in [0.29, 0.717) is 29.2 Å². The zero-order valence-electron chi connectivity index (χ0n) is 13.2. The number of ether oxygens (including phenoxy) is 2. The fourth-order valence-electron chi connectivity index (χ4n) is 2.33. The summed E-state index contributed by atoms with van der Waals surface area (Å²) < 4.78 is 10.6. The Hall–Kier alpha value is -2.17. The molecule has 0 aliphatic heterocycles. The van der Waals surface area contributed by atoms with Gasteiger partial charge in [-0.15, -0.1) is 0 Å². The van der Waals surface area contributed by atoms with Crippen molar-refractivity contribution in [1.29, 1.82) is 0 Å². The lowest BCUT2D eigenvalue weighted by atomic mass is 9.90. The predicted molar refractivity (Wildman–Crippen MR) is 84.8 cm³/mol. The Kier molecular flexibility index (Phi) is 4.40. The molecule has 2 rings (SSSR count). The number of benzene rings is 1. The Balaban J connectivity index is 2.54. The zero-order chi connectivity index (χ0) is 15.6. The number of hydrogen-bond acceptors (Lipinski definition) is 4. The summed E-state index contributed by atoms with van der Waals surface area (Å²) in [6, 6.07) is 5.78. The van der Waals surface area contributed by atoms with Gasteiger partial charge in [-0.2, -0.15) is 5.10 Å². The van der Waals surface area contributed by atoms with Crippen molar-refractivity contribution in [2.45, 2.75) is 26.7 Å². The first kappa shape index (κ1) is 15.2. The Morgan fingerprint density at radius 3 is 2.33 bits per heavy atom. The lowest BCUT2D eigenvalue weighted by Crippen LogP contribution is -2.04. The van der Waals surface area contributed by atoms with Crippen LogP contribution in [0.3, 0.4) is 0 Å². The van der Waals surface area contributed by atoms with E-state index < -0.39 is 0 Å². The normalized spacial score (nSPS) is 12.5. The number of nitrogens with one attached hydrogen (secondary N) is 1. The molecule has 0 bridgehead atoms. The van der Waals surface area contributed by atoms with Crippen LogP contribution in [0.1, 0.15) is 32.4 Å². The maximum Gasteiger partial charge on any atom is 0.161 e. The summed E-state index contributed by atoms with van der Waals surface area (Å²) in [6.45, 7) is 6.53. The van der Waals surface area contributed by atoms with Crippen LogP contribution in [-0.4, -0.2) is 24.4 Å². The minimum absolute atomic E-state index is 0.331. The molecule has 2 aromatic rings. The molecule has 0 aliphatic carbocycles. The van der Waals surface area contributed by atoms with Crippen LogP contribution in [0.5, 0.6) is 11.5 Å². The molecule has 0 amide bonds. The van der Waals surface area contributed by atoms with Crippen molar-refractivity contribution in [1.82, 2.24) is 10.2 Å². The second-order valence-electron chi connectivity index (χ2n) is 5.50. The zero-order valence-corrected chi connectivity index (χ0v) is 13.2. The van der Waals surface area contributed by atoms with Crippen LogP contribution in [0.2, 0.25) is 0 Å². The molecule has 1 atom stereocenters. The van der Waals surface area contributed by atoms with E-state index in [1.165, 1.54) is 0 Å². The van der Waals surface area contributed by atoms with E-state index in [1.807, 2.05) is 18.2 Å². The van der Waals surface area contributed by atoms with Crippen molar-refractivity contribution in [2.75, 3.05) is 20.0 Å². The van der Waals surface area contributed by atoms with Gasteiger partial charge in [0.15, 0.2) is 17.3 Å². The number of nitrogen functional groups attached to an aromatic ring is 1. The van der Waals surface area contributed by atoms with Crippen LogP contribution in [0.15, 0.2) is 18.2 Å². The third-order valence-electron chi connectivity index (χ3n) is 3.95. The fourth-order valence-corrected chi connectivity index (χ4v) is 2.33. The average molecular weight is 289 g/mol. The summed E-state index contributed by atoms with van der Waals surface area (Å²) in [5, 5.41) is 7.25. The molecular formula is C16H23N3O2. The van der Waals surface area contributed by atoms with Crippen molar-refractivity contribution >= 4 is 5.82 Å².